The quantitative estimate of drug-likeness (QED) is 0.729. The number of carbonyl (C=O) groups excluding carboxylic acids is 1. The first-order valence-electron chi connectivity index (χ1n) is 6.15. The number of rotatable bonds is 5. The van der Waals surface area contributed by atoms with Gasteiger partial charge in [0, 0.05) is 16.5 Å². The van der Waals surface area contributed by atoms with Crippen LogP contribution in [0.5, 0.6) is 0 Å². The molecule has 0 aliphatic rings. The van der Waals surface area contributed by atoms with Gasteiger partial charge in [0.05, 0.1) is 0 Å². The lowest BCUT2D eigenvalue weighted by molar-refractivity contribution is -0.107. The molecule has 0 heterocycles. The van der Waals surface area contributed by atoms with E-state index in [2.05, 4.69) is 12.1 Å². The molecular weight excluding hydrogens is 279 g/mol. The van der Waals surface area contributed by atoms with Gasteiger partial charge >= 0.3 is 0 Å². The lowest BCUT2D eigenvalue weighted by atomic mass is 9.97. The third kappa shape index (κ3) is 3.82. The number of hydrogen-bond acceptors (Lipinski definition) is 1. The molecule has 19 heavy (non-hydrogen) atoms. The summed E-state index contributed by atoms with van der Waals surface area (Å²) in [5, 5.41) is 1.27. The highest BCUT2D eigenvalue weighted by molar-refractivity contribution is 6.35. The SMILES string of the molecule is O=CCCc1c(Cl)cc(Cl)cc1Cc1ccccc1. The fourth-order valence-corrected chi connectivity index (χ4v) is 2.74. The van der Waals surface area contributed by atoms with Crippen molar-refractivity contribution < 1.29 is 4.79 Å². The number of hydrogen-bond donors (Lipinski definition) is 0. The Morgan fingerprint density at radius 1 is 1.05 bits per heavy atom. The lowest BCUT2D eigenvalue weighted by Gasteiger charge is -2.11. The van der Waals surface area contributed by atoms with Crippen molar-refractivity contribution in [2.45, 2.75) is 19.3 Å². The minimum Gasteiger partial charge on any atom is -0.303 e. The zero-order valence-electron chi connectivity index (χ0n) is 10.4. The molecular formula is C16H14Cl2O. The van der Waals surface area contributed by atoms with Gasteiger partial charge in [0.1, 0.15) is 6.29 Å². The smallest absolute Gasteiger partial charge is 0.120 e. The van der Waals surface area contributed by atoms with E-state index in [-0.39, 0.29) is 0 Å². The first kappa shape index (κ1) is 14.1. The summed E-state index contributed by atoms with van der Waals surface area (Å²) in [7, 11) is 0. The van der Waals surface area contributed by atoms with E-state index >= 15 is 0 Å². The molecule has 0 fully saturated rings. The number of carbonyl (C=O) groups is 1. The molecule has 0 aliphatic heterocycles. The van der Waals surface area contributed by atoms with E-state index < -0.39 is 0 Å². The van der Waals surface area contributed by atoms with Gasteiger partial charge in [-0.2, -0.15) is 0 Å². The minimum absolute atomic E-state index is 0.475. The molecule has 0 amide bonds. The van der Waals surface area contributed by atoms with Crippen LogP contribution in [0.4, 0.5) is 0 Å². The Bertz CT molecular complexity index is 564. The fourth-order valence-electron chi connectivity index (χ4n) is 2.11. The Hall–Kier alpha value is -1.31. The average Bonchev–Trinajstić information content (AvgIpc) is 2.39. The van der Waals surface area contributed by atoms with Gasteiger partial charge in [-0.3, -0.25) is 0 Å². The molecule has 0 N–H and O–H groups in total. The highest BCUT2D eigenvalue weighted by Gasteiger charge is 2.09. The van der Waals surface area contributed by atoms with E-state index in [1.165, 1.54) is 5.56 Å². The zero-order chi connectivity index (χ0) is 13.7. The van der Waals surface area contributed by atoms with E-state index in [1.807, 2.05) is 24.3 Å². The van der Waals surface area contributed by atoms with Crippen LogP contribution >= 0.6 is 23.2 Å². The van der Waals surface area contributed by atoms with Crippen molar-refractivity contribution in [3.05, 3.63) is 69.2 Å². The maximum absolute atomic E-state index is 10.6. The molecule has 2 rings (SSSR count). The van der Waals surface area contributed by atoms with Gasteiger partial charge in [-0.15, -0.1) is 0 Å². The summed E-state index contributed by atoms with van der Waals surface area (Å²) in [6, 6.07) is 13.8. The van der Waals surface area contributed by atoms with Gasteiger partial charge in [-0.05, 0) is 41.7 Å². The Morgan fingerprint density at radius 3 is 2.47 bits per heavy atom. The van der Waals surface area contributed by atoms with Crippen LogP contribution in [0.1, 0.15) is 23.1 Å². The first-order chi connectivity index (χ1) is 9.20. The van der Waals surface area contributed by atoms with Gasteiger partial charge in [0.25, 0.3) is 0 Å². The van der Waals surface area contributed by atoms with E-state index in [0.29, 0.717) is 22.9 Å². The van der Waals surface area contributed by atoms with Crippen molar-refractivity contribution >= 4 is 29.5 Å². The van der Waals surface area contributed by atoms with Crippen LogP contribution in [-0.2, 0) is 17.6 Å². The van der Waals surface area contributed by atoms with Crippen molar-refractivity contribution in [1.82, 2.24) is 0 Å². The standard InChI is InChI=1S/C16H14Cl2O/c17-14-10-13(9-12-5-2-1-3-6-12)15(7-4-8-19)16(18)11-14/h1-3,5-6,8,10-11H,4,7,9H2. The number of benzene rings is 2. The van der Waals surface area contributed by atoms with E-state index in [0.717, 1.165) is 23.8 Å². The van der Waals surface area contributed by atoms with Crippen LogP contribution in [0.25, 0.3) is 0 Å². The molecule has 0 aliphatic carbocycles. The summed E-state index contributed by atoms with van der Waals surface area (Å²) in [5.41, 5.74) is 3.31. The van der Waals surface area contributed by atoms with E-state index in [9.17, 15) is 4.79 Å². The van der Waals surface area contributed by atoms with Gasteiger partial charge < -0.3 is 4.79 Å². The highest BCUT2D eigenvalue weighted by Crippen LogP contribution is 2.28. The normalized spacial score (nSPS) is 10.4. The topological polar surface area (TPSA) is 17.1 Å². The van der Waals surface area contributed by atoms with Crippen molar-refractivity contribution in [3.8, 4) is 0 Å². The molecule has 0 saturated carbocycles. The minimum atomic E-state index is 0.475. The zero-order valence-corrected chi connectivity index (χ0v) is 11.9. The van der Waals surface area contributed by atoms with E-state index in [1.54, 1.807) is 6.07 Å². The van der Waals surface area contributed by atoms with Crippen molar-refractivity contribution in [3.63, 3.8) is 0 Å². The molecule has 0 aromatic heterocycles. The third-order valence-electron chi connectivity index (χ3n) is 3.00. The summed E-state index contributed by atoms with van der Waals surface area (Å²) in [6.07, 6.45) is 2.82. The highest BCUT2D eigenvalue weighted by atomic mass is 35.5. The van der Waals surface area contributed by atoms with Gasteiger partial charge in [0.2, 0.25) is 0 Å². The van der Waals surface area contributed by atoms with Gasteiger partial charge in [-0.25, -0.2) is 0 Å². The lowest BCUT2D eigenvalue weighted by Crippen LogP contribution is -1.98. The molecule has 0 spiro atoms. The average molecular weight is 293 g/mol. The maximum atomic E-state index is 10.6. The summed E-state index contributed by atoms with van der Waals surface area (Å²) in [4.78, 5) is 10.6. The largest absolute Gasteiger partial charge is 0.303 e. The predicted octanol–water partition coefficient (Wildman–Crippen LogP) is 4.72. The predicted molar refractivity (Wildman–Crippen MR) is 80.1 cm³/mol. The first-order valence-corrected chi connectivity index (χ1v) is 6.90. The Morgan fingerprint density at radius 2 is 1.79 bits per heavy atom. The summed E-state index contributed by atoms with van der Waals surface area (Å²) < 4.78 is 0. The van der Waals surface area contributed by atoms with Crippen LogP contribution in [0.2, 0.25) is 10.0 Å². The monoisotopic (exact) mass is 292 g/mol. The van der Waals surface area contributed by atoms with Crippen LogP contribution in [0.3, 0.4) is 0 Å². The second kappa shape index (κ2) is 6.74. The summed E-state index contributed by atoms with van der Waals surface area (Å²) in [6.45, 7) is 0. The van der Waals surface area contributed by atoms with Crippen molar-refractivity contribution in [1.29, 1.82) is 0 Å². The summed E-state index contributed by atoms with van der Waals surface area (Å²) in [5.74, 6) is 0. The fraction of sp³-hybridized carbons (Fsp3) is 0.188. The molecule has 0 saturated heterocycles. The summed E-state index contributed by atoms with van der Waals surface area (Å²) >= 11 is 12.3. The molecule has 3 heteroatoms. The Labute approximate surface area is 123 Å². The van der Waals surface area contributed by atoms with Gasteiger partial charge in [-0.1, -0.05) is 53.5 Å². The molecule has 1 nitrogen and oxygen atoms in total. The molecule has 2 aromatic rings. The second-order valence-corrected chi connectivity index (χ2v) is 5.24. The molecule has 0 bridgehead atoms. The Kier molecular flexibility index (Phi) is 5.00. The Balaban J connectivity index is 2.34. The molecule has 0 unspecified atom stereocenters. The molecule has 2 aromatic carbocycles. The van der Waals surface area contributed by atoms with Crippen LogP contribution in [0, 0.1) is 0 Å². The number of halogens is 2. The molecule has 0 radical (unpaired) electrons. The van der Waals surface area contributed by atoms with Crippen LogP contribution in [-0.4, -0.2) is 6.29 Å². The third-order valence-corrected chi connectivity index (χ3v) is 3.56. The van der Waals surface area contributed by atoms with E-state index in [4.69, 9.17) is 23.2 Å². The van der Waals surface area contributed by atoms with Crippen molar-refractivity contribution in [2.24, 2.45) is 0 Å². The molecule has 98 valence electrons. The van der Waals surface area contributed by atoms with Crippen LogP contribution < -0.4 is 0 Å². The second-order valence-electron chi connectivity index (χ2n) is 4.39. The van der Waals surface area contributed by atoms with Gasteiger partial charge in [0.15, 0.2) is 0 Å². The molecule has 0 atom stereocenters. The maximum Gasteiger partial charge on any atom is 0.120 e. The number of aldehydes is 1. The van der Waals surface area contributed by atoms with Crippen molar-refractivity contribution in [2.75, 3.05) is 0 Å². The van der Waals surface area contributed by atoms with Crippen LogP contribution in [0.15, 0.2) is 42.5 Å².